The van der Waals surface area contributed by atoms with Gasteiger partial charge in [-0.15, -0.1) is 10.2 Å². The summed E-state index contributed by atoms with van der Waals surface area (Å²) in [6.45, 7) is 5.72. The third-order valence-corrected chi connectivity index (χ3v) is 6.57. The number of hydrogen-bond acceptors (Lipinski definition) is 7. The highest BCUT2D eigenvalue weighted by atomic mass is 32.1. The van der Waals surface area contributed by atoms with Gasteiger partial charge in [0.15, 0.2) is 0 Å². The Morgan fingerprint density at radius 3 is 2.56 bits per heavy atom. The van der Waals surface area contributed by atoms with Crippen LogP contribution in [-0.4, -0.2) is 33.1 Å². The van der Waals surface area contributed by atoms with Crippen LogP contribution in [0.1, 0.15) is 40.2 Å². The fourth-order valence-electron chi connectivity index (χ4n) is 4.20. The zero-order valence-corrected chi connectivity index (χ0v) is 18.6. The number of nitrogens with zero attached hydrogens (tertiary/aromatic N) is 3. The zero-order chi connectivity index (χ0) is 22.6. The van der Waals surface area contributed by atoms with Crippen molar-refractivity contribution in [3.05, 3.63) is 75.3 Å². The number of aromatic nitrogens is 2. The van der Waals surface area contributed by atoms with Crippen LogP contribution in [0.5, 0.6) is 5.75 Å². The van der Waals surface area contributed by atoms with Gasteiger partial charge >= 0.3 is 5.91 Å². The minimum absolute atomic E-state index is 0.0404. The van der Waals surface area contributed by atoms with Crippen LogP contribution in [0.15, 0.2) is 48.0 Å². The lowest BCUT2D eigenvalue weighted by Gasteiger charge is -2.22. The monoisotopic (exact) mass is 447 g/mol. The minimum Gasteiger partial charge on any atom is -0.507 e. The number of carbonyl (C=O) groups excluding carboxylic acids is 2. The lowest BCUT2D eigenvalue weighted by Crippen LogP contribution is -2.29. The molecule has 1 amide bonds. The third kappa shape index (κ3) is 3.27. The molecule has 5 rings (SSSR count). The number of hydrogen-bond donors (Lipinski definition) is 1. The molecule has 0 radical (unpaired) electrons. The van der Waals surface area contributed by atoms with Crippen molar-refractivity contribution >= 4 is 33.9 Å². The Morgan fingerprint density at radius 1 is 1.12 bits per heavy atom. The summed E-state index contributed by atoms with van der Waals surface area (Å²) in [6.07, 6.45) is 0.775. The number of aliphatic hydroxyl groups is 1. The number of ether oxygens (including phenoxy) is 1. The van der Waals surface area contributed by atoms with Gasteiger partial charge in [-0.05, 0) is 50.1 Å². The van der Waals surface area contributed by atoms with Gasteiger partial charge in [0.2, 0.25) is 5.13 Å². The first-order valence-electron chi connectivity index (χ1n) is 10.3. The van der Waals surface area contributed by atoms with Crippen molar-refractivity contribution < 1.29 is 19.4 Å². The summed E-state index contributed by atoms with van der Waals surface area (Å²) in [5.74, 6) is -0.911. The highest BCUT2D eigenvalue weighted by Gasteiger charge is 2.48. The smallest absolute Gasteiger partial charge is 0.301 e. The van der Waals surface area contributed by atoms with Crippen LogP contribution in [-0.2, 0) is 16.0 Å². The SMILES string of the molecule is Cc1ccc([C@H]2/C(=C(\O)c3ccc4c(c3)C[C@H](C)O4)C(=O)C(=O)N2c2nnc(C)s2)cc1. The quantitative estimate of drug-likeness (QED) is 0.369. The number of anilines is 1. The first kappa shape index (κ1) is 20.4. The van der Waals surface area contributed by atoms with Crippen LogP contribution < -0.4 is 9.64 Å². The van der Waals surface area contributed by atoms with Gasteiger partial charge in [0.05, 0.1) is 11.6 Å². The molecule has 1 fully saturated rings. The van der Waals surface area contributed by atoms with Crippen LogP contribution >= 0.6 is 11.3 Å². The topological polar surface area (TPSA) is 92.6 Å². The van der Waals surface area contributed by atoms with Gasteiger partial charge in [-0.3, -0.25) is 14.5 Å². The van der Waals surface area contributed by atoms with Gasteiger partial charge < -0.3 is 9.84 Å². The molecule has 7 nitrogen and oxygen atoms in total. The average molecular weight is 448 g/mol. The van der Waals surface area contributed by atoms with E-state index in [9.17, 15) is 14.7 Å². The molecule has 3 heterocycles. The van der Waals surface area contributed by atoms with E-state index >= 15 is 0 Å². The fourth-order valence-corrected chi connectivity index (χ4v) is 4.92. The molecule has 8 heteroatoms. The van der Waals surface area contributed by atoms with Gasteiger partial charge in [-0.2, -0.15) is 0 Å². The normalized spacial score (nSPS) is 21.7. The molecule has 0 bridgehead atoms. The van der Waals surface area contributed by atoms with Gasteiger partial charge in [0.1, 0.15) is 22.6 Å². The number of fused-ring (bicyclic) bond motifs is 1. The largest absolute Gasteiger partial charge is 0.507 e. The van der Waals surface area contributed by atoms with E-state index in [1.165, 1.54) is 16.2 Å². The molecule has 1 N–H and O–H groups in total. The van der Waals surface area contributed by atoms with Crippen molar-refractivity contribution in [2.24, 2.45) is 0 Å². The van der Waals surface area contributed by atoms with E-state index in [4.69, 9.17) is 4.74 Å². The Balaban J connectivity index is 1.68. The van der Waals surface area contributed by atoms with Gasteiger partial charge in [0.25, 0.3) is 5.78 Å². The third-order valence-electron chi connectivity index (χ3n) is 5.73. The first-order chi connectivity index (χ1) is 15.3. The summed E-state index contributed by atoms with van der Waals surface area (Å²) in [7, 11) is 0. The number of ketones is 1. The Bertz CT molecular complexity index is 1280. The molecule has 0 aliphatic carbocycles. The van der Waals surface area contributed by atoms with E-state index in [1.54, 1.807) is 19.1 Å². The molecule has 2 aliphatic heterocycles. The number of benzene rings is 2. The van der Waals surface area contributed by atoms with Crippen molar-refractivity contribution in [2.45, 2.75) is 39.3 Å². The predicted molar refractivity (Wildman–Crippen MR) is 121 cm³/mol. The number of carbonyl (C=O) groups is 2. The number of Topliss-reactive ketones (excluding diaryl/α,β-unsaturated/α-hetero) is 1. The van der Waals surface area contributed by atoms with Crippen molar-refractivity contribution in [3.8, 4) is 5.75 Å². The highest BCUT2D eigenvalue weighted by Crippen LogP contribution is 2.43. The molecular weight excluding hydrogens is 426 g/mol. The summed E-state index contributed by atoms with van der Waals surface area (Å²) in [5.41, 5.74) is 3.23. The Labute approximate surface area is 189 Å². The molecule has 0 saturated carbocycles. The second-order valence-electron chi connectivity index (χ2n) is 8.14. The molecule has 2 atom stereocenters. The Hall–Kier alpha value is -3.52. The molecule has 0 spiro atoms. The van der Waals surface area contributed by atoms with Crippen LogP contribution in [0.2, 0.25) is 0 Å². The molecule has 162 valence electrons. The molecule has 3 aromatic rings. The fraction of sp³-hybridized carbons (Fsp3) is 0.250. The predicted octanol–water partition coefficient (Wildman–Crippen LogP) is 4.10. The van der Waals surface area contributed by atoms with Gasteiger partial charge in [-0.25, -0.2) is 0 Å². The van der Waals surface area contributed by atoms with Crippen molar-refractivity contribution in [1.82, 2.24) is 10.2 Å². The second-order valence-corrected chi connectivity index (χ2v) is 9.30. The maximum absolute atomic E-state index is 13.2. The summed E-state index contributed by atoms with van der Waals surface area (Å²) in [5, 5.41) is 20.4. The lowest BCUT2D eigenvalue weighted by atomic mass is 9.94. The Morgan fingerprint density at radius 2 is 1.88 bits per heavy atom. The summed E-state index contributed by atoms with van der Waals surface area (Å²) < 4.78 is 5.74. The van der Waals surface area contributed by atoms with Gasteiger partial charge in [-0.1, -0.05) is 41.2 Å². The Kier molecular flexibility index (Phi) is 4.82. The average Bonchev–Trinajstić information content (AvgIpc) is 3.43. The molecule has 32 heavy (non-hydrogen) atoms. The van der Waals surface area contributed by atoms with Crippen LogP contribution in [0.4, 0.5) is 5.13 Å². The molecule has 1 saturated heterocycles. The summed E-state index contributed by atoms with van der Waals surface area (Å²) in [4.78, 5) is 27.6. The number of amides is 1. The first-order valence-corrected chi connectivity index (χ1v) is 11.1. The van der Waals surface area contributed by atoms with Crippen molar-refractivity contribution in [2.75, 3.05) is 4.90 Å². The molecule has 2 aliphatic rings. The van der Waals surface area contributed by atoms with Gasteiger partial charge in [0, 0.05) is 12.0 Å². The van der Waals surface area contributed by atoms with E-state index in [0.29, 0.717) is 21.3 Å². The van der Waals surface area contributed by atoms with Crippen LogP contribution in [0, 0.1) is 13.8 Å². The van der Waals surface area contributed by atoms with Crippen molar-refractivity contribution in [3.63, 3.8) is 0 Å². The van der Waals surface area contributed by atoms with E-state index in [-0.39, 0.29) is 17.4 Å². The minimum atomic E-state index is -0.800. The van der Waals surface area contributed by atoms with Crippen molar-refractivity contribution in [1.29, 1.82) is 0 Å². The van der Waals surface area contributed by atoms with Crippen LogP contribution in [0.25, 0.3) is 5.76 Å². The number of rotatable bonds is 3. The second kappa shape index (κ2) is 7.56. The highest BCUT2D eigenvalue weighted by molar-refractivity contribution is 7.15. The maximum atomic E-state index is 13.2. The van der Waals surface area contributed by atoms with E-state index in [0.717, 1.165) is 23.3 Å². The zero-order valence-electron chi connectivity index (χ0n) is 17.8. The van der Waals surface area contributed by atoms with E-state index in [1.807, 2.05) is 44.2 Å². The summed E-state index contributed by atoms with van der Waals surface area (Å²) in [6, 6.07) is 12.1. The number of aliphatic hydroxyl groups excluding tert-OH is 1. The maximum Gasteiger partial charge on any atom is 0.301 e. The van der Waals surface area contributed by atoms with E-state index in [2.05, 4.69) is 10.2 Å². The van der Waals surface area contributed by atoms with E-state index < -0.39 is 17.7 Å². The summed E-state index contributed by atoms with van der Waals surface area (Å²) >= 11 is 1.23. The molecule has 1 aromatic heterocycles. The lowest BCUT2D eigenvalue weighted by molar-refractivity contribution is -0.132. The molecular formula is C24H21N3O4S. The molecule has 2 aromatic carbocycles. The number of aryl methyl sites for hydroxylation is 2. The standard InChI is InChI=1S/C24H21N3O4S/c1-12-4-6-15(7-5-12)20-19(22(29)23(30)27(20)24-26-25-14(3)32-24)21(28)16-8-9-18-17(11-16)10-13(2)31-18/h4-9,11,13,20,28H,10H2,1-3H3/b21-19+/t13-,20-/m0/s1. The van der Waals surface area contributed by atoms with Crippen LogP contribution in [0.3, 0.4) is 0 Å². The molecule has 0 unspecified atom stereocenters.